The van der Waals surface area contributed by atoms with Gasteiger partial charge in [0.15, 0.2) is 6.10 Å². The zero-order chi connectivity index (χ0) is 45.1. The average molecular weight is 853 g/mol. The van der Waals surface area contributed by atoms with E-state index in [4.69, 9.17) is 14.2 Å². The Labute approximate surface area is 378 Å². The van der Waals surface area contributed by atoms with Crippen molar-refractivity contribution in [2.24, 2.45) is 0 Å². The molecular weight excluding hydrogens is 769 g/mol. The van der Waals surface area contributed by atoms with Crippen molar-refractivity contribution in [2.45, 2.75) is 175 Å². The van der Waals surface area contributed by atoms with E-state index in [0.29, 0.717) is 25.7 Å². The van der Waals surface area contributed by atoms with Gasteiger partial charge in [0, 0.05) is 19.3 Å². The van der Waals surface area contributed by atoms with Crippen molar-refractivity contribution in [2.75, 3.05) is 13.2 Å². The Morgan fingerprint density at radius 3 is 1.16 bits per heavy atom. The molecular formula is C56H84O6. The number of hydrogen-bond donors (Lipinski definition) is 0. The number of carbonyl (C=O) groups excluding carboxylic acids is 3. The topological polar surface area (TPSA) is 78.9 Å². The highest BCUT2D eigenvalue weighted by atomic mass is 16.6. The summed E-state index contributed by atoms with van der Waals surface area (Å²) >= 11 is 0. The average Bonchev–Trinajstić information content (AvgIpc) is 3.27. The lowest BCUT2D eigenvalue weighted by Gasteiger charge is -2.18. The van der Waals surface area contributed by atoms with Crippen LogP contribution in [0.15, 0.2) is 146 Å². The van der Waals surface area contributed by atoms with E-state index in [1.54, 1.807) is 0 Å². The third-order valence-corrected chi connectivity index (χ3v) is 9.20. The summed E-state index contributed by atoms with van der Waals surface area (Å²) in [5.74, 6) is -1.08. The van der Waals surface area contributed by atoms with Gasteiger partial charge >= 0.3 is 17.9 Å². The van der Waals surface area contributed by atoms with Crippen molar-refractivity contribution in [3.8, 4) is 0 Å². The summed E-state index contributed by atoms with van der Waals surface area (Å²) in [6.45, 7) is 6.11. The van der Waals surface area contributed by atoms with Crippen LogP contribution in [0.4, 0.5) is 0 Å². The number of carbonyl (C=O) groups is 3. The molecule has 0 rings (SSSR count). The van der Waals surface area contributed by atoms with Crippen LogP contribution in [0.25, 0.3) is 0 Å². The molecule has 0 spiro atoms. The summed E-state index contributed by atoms with van der Waals surface area (Å²) in [7, 11) is 0. The van der Waals surface area contributed by atoms with Crippen molar-refractivity contribution in [3.05, 3.63) is 146 Å². The van der Waals surface area contributed by atoms with Gasteiger partial charge < -0.3 is 14.2 Å². The van der Waals surface area contributed by atoms with E-state index < -0.39 is 12.1 Å². The summed E-state index contributed by atoms with van der Waals surface area (Å²) in [5, 5.41) is 0. The van der Waals surface area contributed by atoms with Crippen LogP contribution in [0, 0.1) is 0 Å². The highest BCUT2D eigenvalue weighted by Gasteiger charge is 2.19. The second-order valence-electron chi connectivity index (χ2n) is 15.0. The lowest BCUT2D eigenvalue weighted by Crippen LogP contribution is -2.30. The predicted molar refractivity (Wildman–Crippen MR) is 265 cm³/mol. The number of allylic oxidation sites excluding steroid dienone is 24. The molecule has 6 heteroatoms. The highest BCUT2D eigenvalue weighted by molar-refractivity contribution is 5.71. The fraction of sp³-hybridized carbons (Fsp3) is 0.518. The van der Waals surface area contributed by atoms with Crippen LogP contribution < -0.4 is 0 Å². The van der Waals surface area contributed by atoms with E-state index in [2.05, 4.69) is 112 Å². The Bertz CT molecular complexity index is 1440. The molecule has 0 radical (unpaired) electrons. The zero-order valence-corrected chi connectivity index (χ0v) is 39.1. The SMILES string of the molecule is CC\C=C/C=C\C=C/C=C\C=C/CCCC(=O)OC(COC(=O)CCCC/C=C\C/C=C\C/C=C\CC)COC(=O)CCCCCCCC/C=C\C/C=C\C/C=C\C/C=C\CC. The standard InChI is InChI=1S/C56H84O6/c1-4-7-10-13-16-19-22-25-26-27-28-29-30-32-34-37-40-43-46-49-55(58)61-52-53(51-60-54(57)48-45-42-39-36-33-24-21-18-15-12-9-6-3)62-56(59)50-47-44-41-38-35-31-23-20-17-14-11-8-5-2/h7-12,14,16-21,23,25-26,28-29,31,33,35-36,38,41,53H,4-6,13,15,22,24,27,30,32,34,37,39-40,42-52H2,1-3H3/b10-7-,11-8-,12-9-,17-14-,19-16-,21-18-,23-20-,26-25-,29-28-,35-31-,36-33-,41-38-. The Morgan fingerprint density at radius 1 is 0.339 bits per heavy atom. The number of unbranched alkanes of at least 4 members (excludes halogenated alkanes) is 9. The maximum Gasteiger partial charge on any atom is 0.306 e. The van der Waals surface area contributed by atoms with Crippen molar-refractivity contribution in [1.29, 1.82) is 0 Å². The molecule has 0 amide bonds. The van der Waals surface area contributed by atoms with Gasteiger partial charge in [0.05, 0.1) is 0 Å². The Morgan fingerprint density at radius 2 is 0.677 bits per heavy atom. The molecule has 0 aliphatic rings. The van der Waals surface area contributed by atoms with E-state index in [1.807, 2.05) is 54.7 Å². The molecule has 344 valence electrons. The fourth-order valence-electron chi connectivity index (χ4n) is 5.71. The Hall–Kier alpha value is -4.71. The van der Waals surface area contributed by atoms with Crippen LogP contribution in [0.5, 0.6) is 0 Å². The second kappa shape index (κ2) is 49.0. The summed E-state index contributed by atoms with van der Waals surface area (Å²) in [6, 6.07) is 0. The number of esters is 3. The first kappa shape index (κ1) is 57.3. The van der Waals surface area contributed by atoms with Gasteiger partial charge in [-0.05, 0) is 103 Å². The molecule has 0 saturated heterocycles. The third kappa shape index (κ3) is 46.4. The molecule has 0 bridgehead atoms. The first-order valence-electron chi connectivity index (χ1n) is 23.9. The van der Waals surface area contributed by atoms with Crippen molar-refractivity contribution >= 4 is 17.9 Å². The molecule has 1 atom stereocenters. The van der Waals surface area contributed by atoms with E-state index in [0.717, 1.165) is 96.3 Å². The third-order valence-electron chi connectivity index (χ3n) is 9.20. The quantitative estimate of drug-likeness (QED) is 0.0201. The normalized spacial score (nSPS) is 13.4. The number of ether oxygens (including phenoxy) is 3. The maximum absolute atomic E-state index is 12.7. The maximum atomic E-state index is 12.7. The number of hydrogen-bond acceptors (Lipinski definition) is 6. The van der Waals surface area contributed by atoms with Crippen LogP contribution in [0.2, 0.25) is 0 Å². The molecule has 0 heterocycles. The fourth-order valence-corrected chi connectivity index (χ4v) is 5.71. The first-order chi connectivity index (χ1) is 30.5. The van der Waals surface area contributed by atoms with E-state index >= 15 is 0 Å². The van der Waals surface area contributed by atoms with Crippen LogP contribution in [-0.4, -0.2) is 37.2 Å². The van der Waals surface area contributed by atoms with Gasteiger partial charge in [-0.3, -0.25) is 14.4 Å². The Kier molecular flexibility index (Phi) is 45.2. The van der Waals surface area contributed by atoms with Gasteiger partial charge in [0.25, 0.3) is 0 Å². The van der Waals surface area contributed by atoms with Crippen LogP contribution in [0.1, 0.15) is 168 Å². The summed E-state index contributed by atoms with van der Waals surface area (Å²) in [5.41, 5.74) is 0. The van der Waals surface area contributed by atoms with Crippen molar-refractivity contribution in [1.82, 2.24) is 0 Å². The predicted octanol–water partition coefficient (Wildman–Crippen LogP) is 15.7. The molecule has 0 aromatic heterocycles. The Balaban J connectivity index is 4.56. The van der Waals surface area contributed by atoms with Gasteiger partial charge in [-0.1, -0.05) is 192 Å². The summed E-state index contributed by atoms with van der Waals surface area (Å²) < 4.78 is 16.6. The monoisotopic (exact) mass is 853 g/mol. The minimum atomic E-state index is -0.842. The smallest absolute Gasteiger partial charge is 0.306 e. The van der Waals surface area contributed by atoms with E-state index in [9.17, 15) is 14.4 Å². The molecule has 0 aromatic carbocycles. The van der Waals surface area contributed by atoms with Gasteiger partial charge in [0.1, 0.15) is 13.2 Å². The van der Waals surface area contributed by atoms with Gasteiger partial charge in [-0.25, -0.2) is 0 Å². The largest absolute Gasteiger partial charge is 0.462 e. The minimum absolute atomic E-state index is 0.133. The van der Waals surface area contributed by atoms with E-state index in [-0.39, 0.29) is 38.0 Å². The molecule has 6 nitrogen and oxygen atoms in total. The van der Waals surface area contributed by atoms with Crippen molar-refractivity contribution < 1.29 is 28.6 Å². The molecule has 0 aliphatic heterocycles. The van der Waals surface area contributed by atoms with Crippen molar-refractivity contribution in [3.63, 3.8) is 0 Å². The van der Waals surface area contributed by atoms with Crippen LogP contribution in [-0.2, 0) is 28.6 Å². The second-order valence-corrected chi connectivity index (χ2v) is 15.0. The van der Waals surface area contributed by atoms with Gasteiger partial charge in [0.2, 0.25) is 0 Å². The van der Waals surface area contributed by atoms with Gasteiger partial charge in [-0.2, -0.15) is 0 Å². The molecule has 1 unspecified atom stereocenters. The van der Waals surface area contributed by atoms with Crippen LogP contribution in [0.3, 0.4) is 0 Å². The first-order valence-corrected chi connectivity index (χ1v) is 23.9. The lowest BCUT2D eigenvalue weighted by atomic mass is 10.1. The molecule has 62 heavy (non-hydrogen) atoms. The molecule has 0 saturated carbocycles. The highest BCUT2D eigenvalue weighted by Crippen LogP contribution is 2.11. The van der Waals surface area contributed by atoms with Gasteiger partial charge in [-0.15, -0.1) is 0 Å². The zero-order valence-electron chi connectivity index (χ0n) is 39.1. The summed E-state index contributed by atoms with van der Waals surface area (Å²) in [4.78, 5) is 37.8. The lowest BCUT2D eigenvalue weighted by molar-refractivity contribution is -0.167. The van der Waals surface area contributed by atoms with E-state index in [1.165, 1.54) is 12.8 Å². The molecule has 0 aliphatic carbocycles. The summed E-state index contributed by atoms with van der Waals surface area (Å²) in [6.07, 6.45) is 69.9. The molecule has 0 aromatic rings. The van der Waals surface area contributed by atoms with Crippen LogP contribution >= 0.6 is 0 Å². The molecule has 0 fully saturated rings. The molecule has 0 N–H and O–H groups in total. The minimum Gasteiger partial charge on any atom is -0.462 e. The number of rotatable bonds is 40.